The molecule has 0 saturated carbocycles. The number of rotatable bonds is 3. The largest absolute Gasteiger partial charge is 0.309 e. The highest BCUT2D eigenvalue weighted by atomic mass is 15.2. The molecule has 5 nitrogen and oxygen atoms in total. The summed E-state index contributed by atoms with van der Waals surface area (Å²) in [5.74, 6) is 1.23. The van der Waals surface area contributed by atoms with E-state index in [-0.39, 0.29) is 0 Å². The summed E-state index contributed by atoms with van der Waals surface area (Å²) in [6, 6.07) is 51.6. The van der Waals surface area contributed by atoms with E-state index in [0.717, 1.165) is 44.0 Å². The van der Waals surface area contributed by atoms with E-state index < -0.39 is 0 Å². The predicted octanol–water partition coefficient (Wildman–Crippen LogP) is 10.0. The maximum atomic E-state index is 5.09. The lowest BCUT2D eigenvalue weighted by Crippen LogP contribution is -2.03. The molecular weight excluding hydrogens is 562 g/mol. The average molecular weight is 588 g/mol. The Morgan fingerprint density at radius 1 is 0.391 bits per heavy atom. The Bertz CT molecular complexity index is 2810. The van der Waals surface area contributed by atoms with Gasteiger partial charge in [-0.05, 0) is 52.9 Å². The van der Waals surface area contributed by atoms with Gasteiger partial charge >= 0.3 is 0 Å². The van der Waals surface area contributed by atoms with Gasteiger partial charge in [-0.2, -0.15) is 4.98 Å². The Hall–Kier alpha value is -6.33. The second kappa shape index (κ2) is 9.58. The van der Waals surface area contributed by atoms with Gasteiger partial charge < -0.3 is 4.40 Å². The van der Waals surface area contributed by atoms with Crippen LogP contribution in [0.4, 0.5) is 0 Å². The van der Waals surface area contributed by atoms with Crippen molar-refractivity contribution in [3.05, 3.63) is 152 Å². The normalized spacial score (nSPS) is 11.9. The van der Waals surface area contributed by atoms with Crippen molar-refractivity contribution in [1.82, 2.24) is 23.9 Å². The van der Waals surface area contributed by atoms with Crippen LogP contribution in [0.3, 0.4) is 0 Å². The van der Waals surface area contributed by atoms with Crippen molar-refractivity contribution in [2.45, 2.75) is 0 Å². The van der Waals surface area contributed by atoms with Gasteiger partial charge in [-0.3, -0.25) is 4.57 Å². The topological polar surface area (TPSA) is 48.0 Å². The number of fused-ring (bicyclic) bond motifs is 11. The summed E-state index contributed by atoms with van der Waals surface area (Å²) >= 11 is 0. The van der Waals surface area contributed by atoms with E-state index in [2.05, 4.69) is 153 Å². The van der Waals surface area contributed by atoms with E-state index in [9.17, 15) is 0 Å². The first-order valence-corrected chi connectivity index (χ1v) is 15.4. The van der Waals surface area contributed by atoms with Crippen molar-refractivity contribution in [3.8, 4) is 28.5 Å². The van der Waals surface area contributed by atoms with Crippen molar-refractivity contribution in [2.24, 2.45) is 0 Å². The van der Waals surface area contributed by atoms with E-state index in [4.69, 9.17) is 9.97 Å². The maximum absolute atomic E-state index is 5.09. The summed E-state index contributed by atoms with van der Waals surface area (Å²) in [6.07, 6.45) is 1.62. The monoisotopic (exact) mass is 587 g/mol. The molecule has 10 aromatic rings. The van der Waals surface area contributed by atoms with Crippen molar-refractivity contribution >= 4 is 59.9 Å². The van der Waals surface area contributed by atoms with Gasteiger partial charge in [0.1, 0.15) is 6.33 Å². The van der Waals surface area contributed by atoms with E-state index in [1.807, 2.05) is 6.07 Å². The van der Waals surface area contributed by atoms with Crippen LogP contribution >= 0.6 is 0 Å². The highest BCUT2D eigenvalue weighted by molar-refractivity contribution is 6.21. The third-order valence-electron chi connectivity index (χ3n) is 9.22. The lowest BCUT2D eigenvalue weighted by Gasteiger charge is -2.12. The lowest BCUT2D eigenvalue weighted by atomic mass is 10.0. The second-order valence-electron chi connectivity index (χ2n) is 11.8. The van der Waals surface area contributed by atoms with Gasteiger partial charge in [-0.15, -0.1) is 0 Å². The molecule has 0 fully saturated rings. The minimum Gasteiger partial charge on any atom is -0.309 e. The quantitative estimate of drug-likeness (QED) is 0.193. The van der Waals surface area contributed by atoms with Crippen molar-refractivity contribution < 1.29 is 0 Å². The smallest absolute Gasteiger partial charge is 0.238 e. The number of benzene rings is 6. The molecule has 0 amide bonds. The Labute approximate surface area is 263 Å². The van der Waals surface area contributed by atoms with Crippen LogP contribution in [0.5, 0.6) is 0 Å². The molecule has 214 valence electrons. The molecule has 0 bridgehead atoms. The summed E-state index contributed by atoms with van der Waals surface area (Å²) in [5.41, 5.74) is 8.88. The average Bonchev–Trinajstić information content (AvgIpc) is 3.68. The van der Waals surface area contributed by atoms with Crippen LogP contribution in [-0.4, -0.2) is 23.9 Å². The molecule has 0 aliphatic rings. The Kier molecular flexibility index (Phi) is 5.22. The maximum Gasteiger partial charge on any atom is 0.238 e. The van der Waals surface area contributed by atoms with E-state index in [1.54, 1.807) is 6.33 Å². The first-order chi connectivity index (χ1) is 22.8. The summed E-state index contributed by atoms with van der Waals surface area (Å²) in [7, 11) is 0. The van der Waals surface area contributed by atoms with E-state index in [1.165, 1.54) is 32.6 Å². The molecule has 0 aliphatic carbocycles. The summed E-state index contributed by atoms with van der Waals surface area (Å²) in [5, 5.41) is 7.25. The third-order valence-corrected chi connectivity index (χ3v) is 9.22. The fraction of sp³-hybridized carbons (Fsp3) is 0. The van der Waals surface area contributed by atoms with Crippen LogP contribution in [0.2, 0.25) is 0 Å². The molecule has 0 saturated heterocycles. The minimum atomic E-state index is 0.593. The lowest BCUT2D eigenvalue weighted by molar-refractivity contribution is 0.947. The van der Waals surface area contributed by atoms with Crippen molar-refractivity contribution in [1.29, 1.82) is 0 Å². The number of nitrogens with zero attached hydrogens (tertiary/aromatic N) is 5. The Balaban J connectivity index is 1.27. The van der Waals surface area contributed by atoms with Gasteiger partial charge in [0.05, 0.1) is 27.6 Å². The van der Waals surface area contributed by atoms with Crippen LogP contribution in [0.1, 0.15) is 0 Å². The Morgan fingerprint density at radius 3 is 1.91 bits per heavy atom. The molecule has 0 spiro atoms. The SMILES string of the molecule is c1ccc(-c2cccc(-c3ncnc(-n4c5ccccc5c5cc6c7ccccc7c7cc8ccccc8n7c6cc54)n3)c2)cc1. The van der Waals surface area contributed by atoms with E-state index in [0.29, 0.717) is 11.8 Å². The van der Waals surface area contributed by atoms with Crippen LogP contribution in [0.25, 0.3) is 88.4 Å². The van der Waals surface area contributed by atoms with Gasteiger partial charge in [-0.25, -0.2) is 9.97 Å². The number of pyridine rings is 1. The predicted molar refractivity (Wildman–Crippen MR) is 189 cm³/mol. The number of hydrogen-bond acceptors (Lipinski definition) is 3. The molecule has 0 unspecified atom stereocenters. The summed E-state index contributed by atoms with van der Waals surface area (Å²) < 4.78 is 4.59. The molecular formula is C41H25N5. The first-order valence-electron chi connectivity index (χ1n) is 15.4. The van der Waals surface area contributed by atoms with Crippen molar-refractivity contribution in [2.75, 3.05) is 0 Å². The molecule has 0 N–H and O–H groups in total. The van der Waals surface area contributed by atoms with Crippen LogP contribution < -0.4 is 0 Å². The highest BCUT2D eigenvalue weighted by Gasteiger charge is 2.19. The van der Waals surface area contributed by atoms with Gasteiger partial charge in [0.2, 0.25) is 5.95 Å². The summed E-state index contributed by atoms with van der Waals surface area (Å²) in [6.45, 7) is 0. The highest BCUT2D eigenvalue weighted by Crippen LogP contribution is 2.39. The Morgan fingerprint density at radius 2 is 1.04 bits per heavy atom. The van der Waals surface area contributed by atoms with Crippen molar-refractivity contribution in [3.63, 3.8) is 0 Å². The van der Waals surface area contributed by atoms with Gasteiger partial charge in [-0.1, -0.05) is 109 Å². The second-order valence-corrected chi connectivity index (χ2v) is 11.8. The van der Waals surface area contributed by atoms with Gasteiger partial charge in [0.25, 0.3) is 0 Å². The van der Waals surface area contributed by atoms with Gasteiger partial charge in [0.15, 0.2) is 5.82 Å². The molecule has 10 rings (SSSR count). The molecule has 46 heavy (non-hydrogen) atoms. The minimum absolute atomic E-state index is 0.593. The standard InChI is InChI=1S/C41H25N5/c1-2-11-26(12-3-1)27-14-10-15-29(21-27)40-42-25-43-41(44-40)46-36-20-9-7-18-32(36)34-23-33-30-16-5-6-17-31(30)37-22-28-13-4-8-19-35(28)45(37)38(33)24-39(34)46/h1-25H. The first kappa shape index (κ1) is 25.0. The molecule has 0 radical (unpaired) electrons. The molecule has 0 aliphatic heterocycles. The molecule has 0 atom stereocenters. The number of aromatic nitrogens is 5. The fourth-order valence-electron chi connectivity index (χ4n) is 7.18. The zero-order valence-corrected chi connectivity index (χ0v) is 24.7. The van der Waals surface area contributed by atoms with Crippen LogP contribution in [0, 0.1) is 0 Å². The van der Waals surface area contributed by atoms with E-state index >= 15 is 0 Å². The zero-order chi connectivity index (χ0) is 30.2. The summed E-state index contributed by atoms with van der Waals surface area (Å²) in [4.78, 5) is 14.5. The number of para-hydroxylation sites is 2. The molecule has 5 heteroatoms. The van der Waals surface area contributed by atoms with Crippen LogP contribution in [0.15, 0.2) is 152 Å². The molecule has 4 aromatic heterocycles. The molecule has 6 aromatic carbocycles. The molecule has 4 heterocycles. The number of hydrogen-bond donors (Lipinski definition) is 0. The van der Waals surface area contributed by atoms with Gasteiger partial charge in [0, 0.05) is 32.5 Å². The third kappa shape index (κ3) is 3.60. The fourth-order valence-corrected chi connectivity index (χ4v) is 7.18. The van der Waals surface area contributed by atoms with Crippen LogP contribution in [-0.2, 0) is 0 Å². The zero-order valence-electron chi connectivity index (χ0n) is 24.7.